The maximum atomic E-state index is 13.2. The van der Waals surface area contributed by atoms with Crippen molar-refractivity contribution in [3.63, 3.8) is 0 Å². The lowest BCUT2D eigenvalue weighted by Crippen LogP contribution is -2.59. The Morgan fingerprint density at radius 1 is 0.864 bits per heavy atom. The van der Waals surface area contributed by atoms with Crippen molar-refractivity contribution < 1.29 is 33.2 Å². The van der Waals surface area contributed by atoms with Crippen molar-refractivity contribution in [3.8, 4) is 5.75 Å². The van der Waals surface area contributed by atoms with Gasteiger partial charge in [-0.2, -0.15) is 9.78 Å². The molecule has 0 aromatic heterocycles. The standard InChI is InChI=1S/C35H41FN2O6/c36-29-7-3-25(4-8-29)32(39)37-30-11-14-38(15-12-30)33(40)41-31-9-5-24(6-10-31)26-2-1-13-34(21-26)42-35(44-43-34)27-17-22-16-23(19-27)20-28(35)18-22/h3-10,22-23,26-28,30H,1-2,11-21H2,(H,37,39)/t22?,23?,26-,27?,28?,34-,35?/m1/s1. The lowest BCUT2D eigenvalue weighted by atomic mass is 9.53. The molecule has 0 unspecified atom stereocenters. The molecule has 4 bridgehead atoms. The number of carbonyl (C=O) groups excluding carboxylic acids is 2. The molecule has 2 saturated heterocycles. The van der Waals surface area contributed by atoms with E-state index in [1.807, 2.05) is 12.1 Å². The third kappa shape index (κ3) is 5.20. The zero-order valence-corrected chi connectivity index (χ0v) is 25.0. The third-order valence-electron chi connectivity index (χ3n) is 11.4. The predicted octanol–water partition coefficient (Wildman–Crippen LogP) is 6.70. The van der Waals surface area contributed by atoms with E-state index >= 15 is 0 Å². The number of rotatable bonds is 4. The molecular weight excluding hydrogens is 563 g/mol. The quantitative estimate of drug-likeness (QED) is 0.391. The summed E-state index contributed by atoms with van der Waals surface area (Å²) in [6.07, 6.45) is 10.8. The summed E-state index contributed by atoms with van der Waals surface area (Å²) in [6, 6.07) is 13.3. The van der Waals surface area contributed by atoms with Crippen LogP contribution in [0.5, 0.6) is 5.75 Å². The van der Waals surface area contributed by atoms with Gasteiger partial charge in [0.05, 0.1) is 0 Å². The topological polar surface area (TPSA) is 86.3 Å². The van der Waals surface area contributed by atoms with E-state index in [0.29, 0.717) is 49.1 Å². The van der Waals surface area contributed by atoms with E-state index in [1.54, 1.807) is 4.90 Å². The first-order chi connectivity index (χ1) is 21.4. The van der Waals surface area contributed by atoms with E-state index in [9.17, 15) is 14.0 Å². The highest BCUT2D eigenvalue weighted by Gasteiger charge is 2.67. The summed E-state index contributed by atoms with van der Waals surface area (Å²) in [5.74, 6) is 1.56. The Labute approximate surface area is 257 Å². The van der Waals surface area contributed by atoms with Crippen molar-refractivity contribution in [2.24, 2.45) is 23.7 Å². The van der Waals surface area contributed by atoms with Crippen LogP contribution in [0.25, 0.3) is 0 Å². The van der Waals surface area contributed by atoms with Crippen molar-refractivity contribution in [2.75, 3.05) is 13.1 Å². The van der Waals surface area contributed by atoms with Crippen LogP contribution in [0.1, 0.15) is 92.5 Å². The molecule has 234 valence electrons. The number of piperidine rings is 1. The molecule has 2 aliphatic heterocycles. The van der Waals surface area contributed by atoms with Crippen LogP contribution < -0.4 is 10.1 Å². The number of carbonyl (C=O) groups is 2. The van der Waals surface area contributed by atoms with E-state index in [1.165, 1.54) is 61.9 Å². The Morgan fingerprint density at radius 3 is 2.23 bits per heavy atom. The van der Waals surface area contributed by atoms with E-state index < -0.39 is 11.6 Å². The lowest BCUT2D eigenvalue weighted by molar-refractivity contribution is -0.390. The normalized spacial score (nSPS) is 36.2. The maximum Gasteiger partial charge on any atom is 0.415 e. The second-order valence-corrected chi connectivity index (χ2v) is 14.2. The first-order valence-electron chi connectivity index (χ1n) is 16.6. The van der Waals surface area contributed by atoms with Crippen molar-refractivity contribution in [3.05, 3.63) is 65.5 Å². The number of ether oxygens (including phenoxy) is 2. The largest absolute Gasteiger partial charge is 0.415 e. The summed E-state index contributed by atoms with van der Waals surface area (Å²) >= 11 is 0. The monoisotopic (exact) mass is 604 g/mol. The molecule has 44 heavy (non-hydrogen) atoms. The number of amides is 2. The highest BCUT2D eigenvalue weighted by atomic mass is 19.1. The van der Waals surface area contributed by atoms with E-state index in [2.05, 4.69) is 17.4 Å². The summed E-state index contributed by atoms with van der Waals surface area (Å²) in [4.78, 5) is 39.5. The van der Waals surface area contributed by atoms with Crippen molar-refractivity contribution in [1.82, 2.24) is 10.2 Å². The smallest absolute Gasteiger partial charge is 0.410 e. The number of halogens is 1. The molecular formula is C35H41FN2O6. The van der Waals surface area contributed by atoms with Gasteiger partial charge in [0, 0.05) is 49.4 Å². The number of nitrogens with one attached hydrogen (secondary N) is 1. The van der Waals surface area contributed by atoms with Gasteiger partial charge in [-0.25, -0.2) is 9.18 Å². The Hall–Kier alpha value is -3.01. The summed E-state index contributed by atoms with van der Waals surface area (Å²) in [5, 5.41) is 2.98. The second kappa shape index (κ2) is 11.1. The number of hydrogen-bond acceptors (Lipinski definition) is 6. The van der Waals surface area contributed by atoms with Gasteiger partial charge in [-0.15, -0.1) is 0 Å². The SMILES string of the molecule is O=C(NC1CCN(C(=O)Oc2ccc([C@@H]3CCC[C@]4(C3)OOC3(O4)C4CC5CC(C4)CC3C5)cc2)CC1)c1ccc(F)cc1. The van der Waals surface area contributed by atoms with Crippen LogP contribution in [0.3, 0.4) is 0 Å². The number of benzene rings is 2. The molecule has 2 heterocycles. The first-order valence-corrected chi connectivity index (χ1v) is 16.6. The van der Waals surface area contributed by atoms with E-state index in [0.717, 1.165) is 37.5 Å². The van der Waals surface area contributed by atoms with Gasteiger partial charge in [0.15, 0.2) is 0 Å². The fourth-order valence-corrected chi connectivity index (χ4v) is 9.31. The zero-order chi connectivity index (χ0) is 29.9. The Balaban J connectivity index is 0.839. The third-order valence-corrected chi connectivity index (χ3v) is 11.4. The molecule has 5 saturated carbocycles. The average Bonchev–Trinajstić information content (AvgIpc) is 3.39. The molecule has 2 atom stereocenters. The molecule has 2 aromatic rings. The first kappa shape index (κ1) is 28.5. The fraction of sp³-hybridized carbons (Fsp3) is 0.600. The number of nitrogens with zero attached hydrogens (tertiary/aromatic N) is 1. The molecule has 5 aliphatic carbocycles. The van der Waals surface area contributed by atoms with Crippen molar-refractivity contribution in [1.29, 1.82) is 0 Å². The minimum atomic E-state index is -0.673. The van der Waals surface area contributed by atoms with Crippen LogP contribution in [-0.2, 0) is 14.5 Å². The molecule has 8 nitrogen and oxygen atoms in total. The Bertz CT molecular complexity index is 1360. The van der Waals surface area contributed by atoms with Crippen LogP contribution in [0, 0.1) is 29.5 Å². The molecule has 2 spiro atoms. The molecule has 2 amide bonds. The molecule has 2 aromatic carbocycles. The number of hydrogen-bond donors (Lipinski definition) is 1. The van der Waals surface area contributed by atoms with E-state index in [-0.39, 0.29) is 29.8 Å². The van der Waals surface area contributed by atoms with Gasteiger partial charge in [-0.1, -0.05) is 12.1 Å². The van der Waals surface area contributed by atoms with Crippen LogP contribution in [0.2, 0.25) is 0 Å². The number of likely N-dealkylation sites (tertiary alicyclic amines) is 1. The van der Waals surface area contributed by atoms with Gasteiger partial charge < -0.3 is 19.7 Å². The summed E-state index contributed by atoms with van der Waals surface area (Å²) in [6.45, 7) is 0.976. The molecule has 7 aliphatic rings. The highest BCUT2D eigenvalue weighted by molar-refractivity contribution is 5.94. The minimum Gasteiger partial charge on any atom is -0.410 e. The Morgan fingerprint density at radius 2 is 1.55 bits per heavy atom. The van der Waals surface area contributed by atoms with Crippen molar-refractivity contribution >= 4 is 12.0 Å². The van der Waals surface area contributed by atoms with E-state index in [4.69, 9.17) is 19.2 Å². The maximum absolute atomic E-state index is 13.2. The predicted molar refractivity (Wildman–Crippen MR) is 158 cm³/mol. The van der Waals surface area contributed by atoms with Gasteiger partial charge in [-0.3, -0.25) is 4.79 Å². The van der Waals surface area contributed by atoms with Crippen LogP contribution in [0.15, 0.2) is 48.5 Å². The summed E-state index contributed by atoms with van der Waals surface area (Å²) < 4.78 is 25.8. The van der Waals surface area contributed by atoms with Gasteiger partial charge in [0.1, 0.15) is 11.6 Å². The molecule has 1 N–H and O–H groups in total. The van der Waals surface area contributed by atoms with Gasteiger partial charge in [0.25, 0.3) is 5.91 Å². The zero-order valence-electron chi connectivity index (χ0n) is 25.0. The molecule has 7 fully saturated rings. The molecule has 0 radical (unpaired) electrons. The average molecular weight is 605 g/mol. The second-order valence-electron chi connectivity index (χ2n) is 14.2. The minimum absolute atomic E-state index is 0.0499. The summed E-state index contributed by atoms with van der Waals surface area (Å²) in [5.41, 5.74) is 1.61. The van der Waals surface area contributed by atoms with Crippen LogP contribution in [0.4, 0.5) is 9.18 Å². The fourth-order valence-electron chi connectivity index (χ4n) is 9.31. The Kier molecular flexibility index (Phi) is 7.18. The van der Waals surface area contributed by atoms with Gasteiger partial charge >= 0.3 is 6.09 Å². The van der Waals surface area contributed by atoms with Crippen LogP contribution >= 0.6 is 0 Å². The lowest BCUT2D eigenvalue weighted by Gasteiger charge is -2.57. The molecule has 9 rings (SSSR count). The van der Waals surface area contributed by atoms with Gasteiger partial charge in [-0.05, 0) is 118 Å². The molecule has 9 heteroatoms. The van der Waals surface area contributed by atoms with Crippen LogP contribution in [-0.4, -0.2) is 47.6 Å². The van der Waals surface area contributed by atoms with Gasteiger partial charge in [0.2, 0.25) is 11.6 Å². The highest BCUT2D eigenvalue weighted by Crippen LogP contribution is 2.64. The van der Waals surface area contributed by atoms with Crippen molar-refractivity contribution in [2.45, 2.75) is 94.2 Å². The summed E-state index contributed by atoms with van der Waals surface area (Å²) in [7, 11) is 0.